The first-order valence-corrected chi connectivity index (χ1v) is 8.47. The van der Waals surface area contributed by atoms with E-state index in [2.05, 4.69) is 0 Å². The molecule has 6 nitrogen and oxygen atoms in total. The van der Waals surface area contributed by atoms with Crippen molar-refractivity contribution in [3.05, 3.63) is 46.5 Å². The highest BCUT2D eigenvalue weighted by atomic mass is 16.5. The zero-order chi connectivity index (χ0) is 19.6. The molecule has 2 aromatic rings. The van der Waals surface area contributed by atoms with Crippen LogP contribution < -0.4 is 18.9 Å². The van der Waals surface area contributed by atoms with Crippen LogP contribution >= 0.6 is 0 Å². The molecule has 0 saturated carbocycles. The van der Waals surface area contributed by atoms with Crippen LogP contribution in [0.5, 0.6) is 28.7 Å². The third-order valence-corrected chi connectivity index (χ3v) is 4.68. The summed E-state index contributed by atoms with van der Waals surface area (Å²) in [6, 6.07) is 6.70. The molecular weight excluding hydrogens is 348 g/mol. The standard InChI is InChI=1S/C21H22O6/c1-24-14-9-17(22)16(18(10-14)25-2)7-13-6-5-12-8-19(26-3)20(27-4)11-15(12)21(13)23/h7-11,22H,5-6H2,1-4H3. The number of carbonyl (C=O) groups is 1. The van der Waals surface area contributed by atoms with E-state index < -0.39 is 0 Å². The maximum absolute atomic E-state index is 13.0. The van der Waals surface area contributed by atoms with E-state index in [0.29, 0.717) is 52.5 Å². The molecule has 0 amide bonds. The van der Waals surface area contributed by atoms with Crippen LogP contribution in [0.1, 0.15) is 27.9 Å². The molecule has 0 aliphatic heterocycles. The van der Waals surface area contributed by atoms with Crippen molar-refractivity contribution in [2.45, 2.75) is 12.8 Å². The van der Waals surface area contributed by atoms with Gasteiger partial charge in [0.1, 0.15) is 17.2 Å². The summed E-state index contributed by atoms with van der Waals surface area (Å²) < 4.78 is 21.1. The van der Waals surface area contributed by atoms with E-state index in [1.165, 1.54) is 27.4 Å². The van der Waals surface area contributed by atoms with Gasteiger partial charge in [0.25, 0.3) is 0 Å². The molecule has 1 aliphatic carbocycles. The molecule has 0 unspecified atom stereocenters. The van der Waals surface area contributed by atoms with Gasteiger partial charge in [0, 0.05) is 23.3 Å². The third kappa shape index (κ3) is 3.43. The van der Waals surface area contributed by atoms with Gasteiger partial charge in [-0.3, -0.25) is 4.79 Å². The normalized spacial score (nSPS) is 14.7. The maximum Gasteiger partial charge on any atom is 0.189 e. The summed E-state index contributed by atoms with van der Waals surface area (Å²) in [5.74, 6) is 1.91. The molecule has 0 saturated heterocycles. The van der Waals surface area contributed by atoms with Gasteiger partial charge in [-0.25, -0.2) is 0 Å². The number of benzene rings is 2. The minimum atomic E-state index is -0.102. The Morgan fingerprint density at radius 3 is 2.15 bits per heavy atom. The molecule has 142 valence electrons. The second-order valence-corrected chi connectivity index (χ2v) is 6.13. The lowest BCUT2D eigenvalue weighted by Gasteiger charge is -2.20. The third-order valence-electron chi connectivity index (χ3n) is 4.68. The lowest BCUT2D eigenvalue weighted by atomic mass is 9.85. The van der Waals surface area contributed by atoms with Gasteiger partial charge in [-0.05, 0) is 36.6 Å². The summed E-state index contributed by atoms with van der Waals surface area (Å²) >= 11 is 0. The Morgan fingerprint density at radius 2 is 1.52 bits per heavy atom. The van der Waals surface area contributed by atoms with Crippen molar-refractivity contribution in [3.8, 4) is 28.7 Å². The van der Waals surface area contributed by atoms with Crippen molar-refractivity contribution >= 4 is 11.9 Å². The van der Waals surface area contributed by atoms with Crippen molar-refractivity contribution in [1.29, 1.82) is 0 Å². The van der Waals surface area contributed by atoms with Crippen molar-refractivity contribution in [2.75, 3.05) is 28.4 Å². The van der Waals surface area contributed by atoms with E-state index >= 15 is 0 Å². The Bertz CT molecular complexity index is 913. The fraction of sp³-hybridized carbons (Fsp3) is 0.286. The lowest BCUT2D eigenvalue weighted by Crippen LogP contribution is -2.14. The molecule has 0 fully saturated rings. The van der Waals surface area contributed by atoms with Crippen LogP contribution in [0.15, 0.2) is 29.8 Å². The van der Waals surface area contributed by atoms with Gasteiger partial charge < -0.3 is 24.1 Å². The van der Waals surface area contributed by atoms with Gasteiger partial charge in [-0.2, -0.15) is 0 Å². The number of aromatic hydroxyl groups is 1. The van der Waals surface area contributed by atoms with E-state index in [0.717, 1.165) is 5.56 Å². The average molecular weight is 370 g/mol. The van der Waals surface area contributed by atoms with E-state index in [9.17, 15) is 9.90 Å². The Labute approximate surface area is 157 Å². The number of methoxy groups -OCH3 is 4. The maximum atomic E-state index is 13.0. The summed E-state index contributed by atoms with van der Waals surface area (Å²) in [5, 5.41) is 10.3. The zero-order valence-corrected chi connectivity index (χ0v) is 15.8. The van der Waals surface area contributed by atoms with Crippen molar-refractivity contribution in [2.24, 2.45) is 0 Å². The molecule has 6 heteroatoms. The quantitative estimate of drug-likeness (QED) is 0.810. The molecule has 27 heavy (non-hydrogen) atoms. The van der Waals surface area contributed by atoms with Gasteiger partial charge in [0.05, 0.1) is 34.0 Å². The SMILES string of the molecule is COc1cc(O)c(C=C2CCc3cc(OC)c(OC)cc3C2=O)c(OC)c1. The number of rotatable bonds is 5. The minimum Gasteiger partial charge on any atom is -0.507 e. The largest absolute Gasteiger partial charge is 0.507 e. The van der Waals surface area contributed by atoms with Gasteiger partial charge in [0.15, 0.2) is 17.3 Å². The van der Waals surface area contributed by atoms with Crippen LogP contribution in [0.3, 0.4) is 0 Å². The van der Waals surface area contributed by atoms with Crippen LogP contribution in [0.2, 0.25) is 0 Å². The van der Waals surface area contributed by atoms with Crippen molar-refractivity contribution in [1.82, 2.24) is 0 Å². The fourth-order valence-electron chi connectivity index (χ4n) is 3.23. The van der Waals surface area contributed by atoms with Crippen molar-refractivity contribution in [3.63, 3.8) is 0 Å². The molecule has 3 rings (SSSR count). The van der Waals surface area contributed by atoms with Crippen LogP contribution in [0.4, 0.5) is 0 Å². The smallest absolute Gasteiger partial charge is 0.189 e. The van der Waals surface area contributed by atoms with Crippen LogP contribution in [0.25, 0.3) is 6.08 Å². The number of carbonyl (C=O) groups excluding carboxylic acids is 1. The van der Waals surface area contributed by atoms with Gasteiger partial charge in [-0.15, -0.1) is 0 Å². The van der Waals surface area contributed by atoms with E-state index in [1.807, 2.05) is 6.07 Å². The van der Waals surface area contributed by atoms with Crippen LogP contribution in [-0.4, -0.2) is 39.3 Å². The topological polar surface area (TPSA) is 74.2 Å². The molecule has 0 atom stereocenters. The van der Waals surface area contributed by atoms with Gasteiger partial charge in [-0.1, -0.05) is 0 Å². The first-order valence-electron chi connectivity index (χ1n) is 8.47. The number of ether oxygens (including phenoxy) is 4. The minimum absolute atomic E-state index is 0.00962. The van der Waals surface area contributed by atoms with Crippen LogP contribution in [-0.2, 0) is 6.42 Å². The van der Waals surface area contributed by atoms with E-state index in [1.54, 1.807) is 25.3 Å². The predicted molar refractivity (Wildman–Crippen MR) is 101 cm³/mol. The summed E-state index contributed by atoms with van der Waals surface area (Å²) in [6.07, 6.45) is 2.91. The number of phenolic OH excluding ortho intramolecular Hbond substituents is 1. The molecule has 0 aromatic heterocycles. The zero-order valence-electron chi connectivity index (χ0n) is 15.8. The Hall–Kier alpha value is -3.15. The average Bonchev–Trinajstić information content (AvgIpc) is 2.69. The number of hydrogen-bond donors (Lipinski definition) is 1. The highest BCUT2D eigenvalue weighted by molar-refractivity contribution is 6.13. The van der Waals surface area contributed by atoms with E-state index in [4.69, 9.17) is 18.9 Å². The van der Waals surface area contributed by atoms with Crippen LogP contribution in [0, 0.1) is 0 Å². The number of phenols is 1. The van der Waals surface area contributed by atoms with Gasteiger partial charge >= 0.3 is 0 Å². The number of ketones is 1. The summed E-state index contributed by atoms with van der Waals surface area (Å²) in [4.78, 5) is 13.0. The second kappa shape index (κ2) is 7.61. The summed E-state index contributed by atoms with van der Waals surface area (Å²) in [6.45, 7) is 0. The summed E-state index contributed by atoms with van der Waals surface area (Å²) in [7, 11) is 6.12. The number of fused-ring (bicyclic) bond motifs is 1. The molecule has 0 radical (unpaired) electrons. The molecule has 0 spiro atoms. The molecular formula is C21H22O6. The molecule has 1 aliphatic rings. The first-order chi connectivity index (χ1) is 13.0. The Morgan fingerprint density at radius 1 is 0.852 bits per heavy atom. The predicted octanol–water partition coefficient (Wildman–Crippen LogP) is 3.64. The van der Waals surface area contributed by atoms with Crippen molar-refractivity contribution < 1.29 is 28.8 Å². The molecule has 0 bridgehead atoms. The molecule has 0 heterocycles. The highest BCUT2D eigenvalue weighted by Gasteiger charge is 2.25. The number of allylic oxidation sites excluding steroid dienone is 1. The number of hydrogen-bond acceptors (Lipinski definition) is 6. The number of aryl methyl sites for hydroxylation is 1. The number of Topliss-reactive ketones (excluding diaryl/α,β-unsaturated/α-hetero) is 1. The Kier molecular flexibility index (Phi) is 5.26. The second-order valence-electron chi connectivity index (χ2n) is 6.13. The lowest BCUT2D eigenvalue weighted by molar-refractivity contribution is 0.102. The van der Waals surface area contributed by atoms with E-state index in [-0.39, 0.29) is 11.5 Å². The fourth-order valence-corrected chi connectivity index (χ4v) is 3.23. The monoisotopic (exact) mass is 370 g/mol. The first kappa shape index (κ1) is 18.6. The summed E-state index contributed by atoms with van der Waals surface area (Å²) in [5.41, 5.74) is 2.54. The molecule has 2 aromatic carbocycles. The Balaban J connectivity index is 2.05. The highest BCUT2D eigenvalue weighted by Crippen LogP contribution is 2.39. The molecule has 1 N–H and O–H groups in total. The van der Waals surface area contributed by atoms with Gasteiger partial charge in [0.2, 0.25) is 0 Å².